The van der Waals surface area contributed by atoms with Gasteiger partial charge in [-0.15, -0.1) is 0 Å². The number of allylic oxidation sites excluding steroid dienone is 3. The first-order valence-electron chi connectivity index (χ1n) is 8.65. The van der Waals surface area contributed by atoms with Gasteiger partial charge in [-0.1, -0.05) is 29.4 Å². The van der Waals surface area contributed by atoms with Crippen LogP contribution in [0, 0.1) is 0 Å². The Bertz CT molecular complexity index is 413. The minimum absolute atomic E-state index is 0.0847. The fraction of sp³-hybridized carbons (Fsp3) is 0.700. The Kier molecular flexibility index (Phi) is 11.2. The average Bonchev–Trinajstić information content (AvgIpc) is 2.44. The third-order valence-electron chi connectivity index (χ3n) is 4.15. The lowest BCUT2D eigenvalue weighted by Crippen LogP contribution is -2.23. The van der Waals surface area contributed by atoms with Crippen LogP contribution in [0.3, 0.4) is 0 Å². The summed E-state index contributed by atoms with van der Waals surface area (Å²) in [6.45, 7) is 9.97. The van der Waals surface area contributed by atoms with E-state index in [1.165, 1.54) is 11.1 Å². The highest BCUT2D eigenvalue weighted by molar-refractivity contribution is 5.08. The second-order valence-corrected chi connectivity index (χ2v) is 7.10. The van der Waals surface area contributed by atoms with E-state index < -0.39 is 11.7 Å². The smallest absolute Gasteiger partial charge is 0.0781 e. The van der Waals surface area contributed by atoms with Crippen LogP contribution >= 0.6 is 0 Å². The summed E-state index contributed by atoms with van der Waals surface area (Å²) in [4.78, 5) is 0. The zero-order valence-corrected chi connectivity index (χ0v) is 15.6. The minimum atomic E-state index is -0.679. The van der Waals surface area contributed by atoms with Crippen molar-refractivity contribution >= 4 is 0 Å². The summed E-state index contributed by atoms with van der Waals surface area (Å²) in [6.07, 6.45) is 10.2. The van der Waals surface area contributed by atoms with Crippen molar-refractivity contribution in [3.8, 4) is 0 Å². The molecule has 0 bridgehead atoms. The van der Waals surface area contributed by atoms with Gasteiger partial charge in [-0.05, 0) is 78.7 Å². The van der Waals surface area contributed by atoms with Crippen molar-refractivity contribution in [3.63, 3.8) is 0 Å². The molecule has 0 aromatic carbocycles. The average molecular weight is 325 g/mol. The Balaban J connectivity index is 4.19. The van der Waals surface area contributed by atoms with Crippen molar-refractivity contribution in [3.05, 3.63) is 34.9 Å². The molecule has 0 aromatic heterocycles. The lowest BCUT2D eigenvalue weighted by Gasteiger charge is -2.23. The van der Waals surface area contributed by atoms with E-state index in [0.717, 1.165) is 31.3 Å². The second-order valence-electron chi connectivity index (χ2n) is 7.10. The molecule has 2 atom stereocenters. The van der Waals surface area contributed by atoms with Crippen LogP contribution in [0.2, 0.25) is 0 Å². The van der Waals surface area contributed by atoms with Crippen LogP contribution < -0.4 is 0 Å². The standard InChI is InChI=1S/C20H36O3/c1-16(2)10-11-19(22)18(4)9-7-14-20(5,23)13-6-8-17(3)12-15-21/h9-10,12,19,21-23H,6-8,11,13-15H2,1-5H3. The molecule has 0 spiro atoms. The summed E-state index contributed by atoms with van der Waals surface area (Å²) >= 11 is 0. The van der Waals surface area contributed by atoms with E-state index >= 15 is 0 Å². The third-order valence-corrected chi connectivity index (χ3v) is 4.15. The van der Waals surface area contributed by atoms with E-state index in [1.807, 2.05) is 52.8 Å². The molecular weight excluding hydrogens is 288 g/mol. The summed E-state index contributed by atoms with van der Waals surface area (Å²) in [5.74, 6) is 0. The fourth-order valence-electron chi connectivity index (χ4n) is 2.41. The van der Waals surface area contributed by atoms with E-state index in [2.05, 4.69) is 0 Å². The number of aliphatic hydroxyl groups excluding tert-OH is 2. The van der Waals surface area contributed by atoms with Crippen LogP contribution in [0.5, 0.6) is 0 Å². The Morgan fingerprint density at radius 1 is 1.04 bits per heavy atom. The van der Waals surface area contributed by atoms with Crippen molar-refractivity contribution in [2.24, 2.45) is 0 Å². The van der Waals surface area contributed by atoms with Crippen LogP contribution in [0.15, 0.2) is 34.9 Å². The molecule has 0 aliphatic heterocycles. The Hall–Kier alpha value is -0.900. The summed E-state index contributed by atoms with van der Waals surface area (Å²) in [5, 5.41) is 29.3. The van der Waals surface area contributed by atoms with Crippen LogP contribution in [0.4, 0.5) is 0 Å². The van der Waals surface area contributed by atoms with Gasteiger partial charge in [-0.25, -0.2) is 0 Å². The van der Waals surface area contributed by atoms with Crippen LogP contribution in [0.25, 0.3) is 0 Å². The number of rotatable bonds is 11. The predicted octanol–water partition coefficient (Wildman–Crippen LogP) is 4.29. The Morgan fingerprint density at radius 3 is 2.26 bits per heavy atom. The van der Waals surface area contributed by atoms with Gasteiger partial charge in [0.05, 0.1) is 18.3 Å². The molecule has 0 saturated heterocycles. The lowest BCUT2D eigenvalue weighted by atomic mass is 9.92. The van der Waals surface area contributed by atoms with Crippen LogP contribution in [-0.2, 0) is 0 Å². The maximum atomic E-state index is 10.4. The molecular formula is C20H36O3. The van der Waals surface area contributed by atoms with Gasteiger partial charge in [0.1, 0.15) is 0 Å². The molecule has 3 heteroatoms. The summed E-state index contributed by atoms with van der Waals surface area (Å²) < 4.78 is 0. The summed E-state index contributed by atoms with van der Waals surface area (Å²) in [6, 6.07) is 0. The molecule has 0 heterocycles. The van der Waals surface area contributed by atoms with E-state index in [9.17, 15) is 10.2 Å². The topological polar surface area (TPSA) is 60.7 Å². The van der Waals surface area contributed by atoms with Crippen LogP contribution in [0.1, 0.15) is 73.1 Å². The normalized spacial score (nSPS) is 16.9. The van der Waals surface area contributed by atoms with Gasteiger partial charge in [0.15, 0.2) is 0 Å². The quantitative estimate of drug-likeness (QED) is 0.497. The van der Waals surface area contributed by atoms with Gasteiger partial charge in [-0.3, -0.25) is 0 Å². The summed E-state index contributed by atoms with van der Waals surface area (Å²) in [7, 11) is 0. The molecule has 0 saturated carbocycles. The molecule has 3 nitrogen and oxygen atoms in total. The van der Waals surface area contributed by atoms with Gasteiger partial charge in [0, 0.05) is 0 Å². The molecule has 3 N–H and O–H groups in total. The van der Waals surface area contributed by atoms with Gasteiger partial charge >= 0.3 is 0 Å². The van der Waals surface area contributed by atoms with Crippen molar-refractivity contribution in [1.29, 1.82) is 0 Å². The first kappa shape index (κ1) is 22.1. The lowest BCUT2D eigenvalue weighted by molar-refractivity contribution is 0.0409. The number of hydrogen-bond acceptors (Lipinski definition) is 3. The molecule has 0 fully saturated rings. The molecule has 2 unspecified atom stereocenters. The highest BCUT2D eigenvalue weighted by Crippen LogP contribution is 2.22. The minimum Gasteiger partial charge on any atom is -0.392 e. The molecule has 0 radical (unpaired) electrons. The van der Waals surface area contributed by atoms with Gasteiger partial charge in [0.2, 0.25) is 0 Å². The molecule has 23 heavy (non-hydrogen) atoms. The van der Waals surface area contributed by atoms with Crippen LogP contribution in [-0.4, -0.2) is 33.6 Å². The SMILES string of the molecule is CC(C)=CCC(O)C(C)=CCCC(C)(O)CCCC(C)=CCO. The zero-order valence-electron chi connectivity index (χ0n) is 15.6. The van der Waals surface area contributed by atoms with Gasteiger partial charge in [0.25, 0.3) is 0 Å². The van der Waals surface area contributed by atoms with E-state index in [0.29, 0.717) is 12.8 Å². The van der Waals surface area contributed by atoms with E-state index in [-0.39, 0.29) is 6.61 Å². The number of hydrogen-bond donors (Lipinski definition) is 3. The van der Waals surface area contributed by atoms with E-state index in [4.69, 9.17) is 5.11 Å². The Labute approximate surface area is 142 Å². The second kappa shape index (κ2) is 11.6. The summed E-state index contributed by atoms with van der Waals surface area (Å²) in [5.41, 5.74) is 2.67. The van der Waals surface area contributed by atoms with Crippen molar-refractivity contribution in [2.45, 2.75) is 84.8 Å². The highest BCUT2D eigenvalue weighted by Gasteiger charge is 2.18. The maximum absolute atomic E-state index is 10.4. The highest BCUT2D eigenvalue weighted by atomic mass is 16.3. The van der Waals surface area contributed by atoms with Crippen molar-refractivity contribution < 1.29 is 15.3 Å². The molecule has 0 aliphatic carbocycles. The number of aliphatic hydroxyl groups is 3. The third kappa shape index (κ3) is 12.2. The van der Waals surface area contributed by atoms with Gasteiger partial charge < -0.3 is 15.3 Å². The first-order valence-corrected chi connectivity index (χ1v) is 8.65. The zero-order chi connectivity index (χ0) is 17.9. The van der Waals surface area contributed by atoms with Crippen molar-refractivity contribution in [1.82, 2.24) is 0 Å². The molecule has 0 rings (SSSR count). The Morgan fingerprint density at radius 2 is 1.70 bits per heavy atom. The maximum Gasteiger partial charge on any atom is 0.0781 e. The van der Waals surface area contributed by atoms with Crippen molar-refractivity contribution in [2.75, 3.05) is 6.61 Å². The largest absolute Gasteiger partial charge is 0.392 e. The predicted molar refractivity (Wildman–Crippen MR) is 98.4 cm³/mol. The molecule has 134 valence electrons. The fourth-order valence-corrected chi connectivity index (χ4v) is 2.41. The first-order chi connectivity index (χ1) is 10.7. The monoisotopic (exact) mass is 324 g/mol. The molecule has 0 amide bonds. The molecule has 0 aliphatic rings. The van der Waals surface area contributed by atoms with Gasteiger partial charge in [-0.2, -0.15) is 0 Å². The van der Waals surface area contributed by atoms with E-state index in [1.54, 1.807) is 0 Å². The molecule has 0 aromatic rings.